The van der Waals surface area contributed by atoms with Crippen molar-refractivity contribution in [2.45, 2.75) is 38.6 Å². The van der Waals surface area contributed by atoms with E-state index in [4.69, 9.17) is 4.52 Å². The molecule has 0 saturated carbocycles. The van der Waals surface area contributed by atoms with Crippen molar-refractivity contribution in [3.63, 3.8) is 0 Å². The third kappa shape index (κ3) is 1.88. The zero-order valence-electron chi connectivity index (χ0n) is 7.92. The van der Waals surface area contributed by atoms with Gasteiger partial charge in [-0.15, -0.1) is 0 Å². The number of rotatable bonds is 2. The van der Waals surface area contributed by atoms with Crippen LogP contribution in [0, 0.1) is 0 Å². The fourth-order valence-corrected chi connectivity index (χ4v) is 1.63. The molecule has 1 saturated heterocycles. The highest BCUT2D eigenvalue weighted by atomic mass is 16.5. The lowest BCUT2D eigenvalue weighted by Gasteiger charge is -2.19. The monoisotopic (exact) mass is 181 g/mol. The summed E-state index contributed by atoms with van der Waals surface area (Å²) in [6.45, 7) is 3.09. The normalized spacial score (nSPS) is 23.3. The Bertz CT molecular complexity index is 266. The van der Waals surface area contributed by atoms with Crippen LogP contribution >= 0.6 is 0 Å². The number of aromatic nitrogens is 2. The molecule has 2 heterocycles. The van der Waals surface area contributed by atoms with Crippen molar-refractivity contribution in [2.75, 3.05) is 6.54 Å². The first-order chi connectivity index (χ1) is 6.40. The molecule has 13 heavy (non-hydrogen) atoms. The second-order valence-electron chi connectivity index (χ2n) is 3.40. The van der Waals surface area contributed by atoms with Crippen LogP contribution in [-0.4, -0.2) is 16.7 Å². The minimum absolute atomic E-state index is 0.317. The molecule has 0 spiro atoms. The molecule has 4 heteroatoms. The van der Waals surface area contributed by atoms with Gasteiger partial charge in [-0.1, -0.05) is 18.5 Å². The minimum atomic E-state index is 0.317. The summed E-state index contributed by atoms with van der Waals surface area (Å²) in [5.41, 5.74) is 0. The number of nitrogens with zero attached hydrogens (tertiary/aromatic N) is 2. The fourth-order valence-electron chi connectivity index (χ4n) is 1.63. The number of hydrogen-bond donors (Lipinski definition) is 1. The van der Waals surface area contributed by atoms with Gasteiger partial charge in [-0.2, -0.15) is 4.98 Å². The average Bonchev–Trinajstić information content (AvgIpc) is 2.67. The van der Waals surface area contributed by atoms with Gasteiger partial charge in [0, 0.05) is 6.42 Å². The van der Waals surface area contributed by atoms with E-state index in [9.17, 15) is 0 Å². The Kier molecular flexibility index (Phi) is 2.59. The molecule has 1 unspecified atom stereocenters. The Morgan fingerprint density at radius 3 is 3.08 bits per heavy atom. The van der Waals surface area contributed by atoms with Gasteiger partial charge < -0.3 is 9.84 Å². The number of nitrogens with one attached hydrogen (secondary N) is 1. The Balaban J connectivity index is 2.05. The molecular weight excluding hydrogens is 166 g/mol. The Morgan fingerprint density at radius 1 is 1.54 bits per heavy atom. The lowest BCUT2D eigenvalue weighted by molar-refractivity contribution is 0.350. The quantitative estimate of drug-likeness (QED) is 0.750. The molecule has 72 valence electrons. The van der Waals surface area contributed by atoms with Crippen LogP contribution in [0.1, 0.15) is 43.9 Å². The van der Waals surface area contributed by atoms with E-state index in [2.05, 4.69) is 15.5 Å². The molecule has 0 amide bonds. The average molecular weight is 181 g/mol. The molecule has 1 atom stereocenters. The van der Waals surface area contributed by atoms with Crippen molar-refractivity contribution in [3.05, 3.63) is 11.7 Å². The first kappa shape index (κ1) is 8.69. The molecule has 1 aromatic rings. The van der Waals surface area contributed by atoms with E-state index in [1.165, 1.54) is 12.8 Å². The molecular formula is C9H15N3O. The van der Waals surface area contributed by atoms with Gasteiger partial charge in [0.05, 0.1) is 6.04 Å². The number of hydrogen-bond acceptors (Lipinski definition) is 4. The molecule has 1 fully saturated rings. The molecule has 0 aliphatic carbocycles. The van der Waals surface area contributed by atoms with Gasteiger partial charge in [-0.3, -0.25) is 0 Å². The van der Waals surface area contributed by atoms with Crippen LogP contribution in [0.15, 0.2) is 4.52 Å². The van der Waals surface area contributed by atoms with E-state index in [1.54, 1.807) is 0 Å². The largest absolute Gasteiger partial charge is 0.339 e. The van der Waals surface area contributed by atoms with Crippen molar-refractivity contribution in [2.24, 2.45) is 0 Å². The minimum Gasteiger partial charge on any atom is -0.339 e. The van der Waals surface area contributed by atoms with Crippen LogP contribution in [-0.2, 0) is 6.42 Å². The van der Waals surface area contributed by atoms with Crippen LogP contribution in [0.3, 0.4) is 0 Å². The van der Waals surface area contributed by atoms with Crippen molar-refractivity contribution < 1.29 is 4.52 Å². The molecule has 4 nitrogen and oxygen atoms in total. The van der Waals surface area contributed by atoms with Crippen molar-refractivity contribution >= 4 is 0 Å². The zero-order valence-corrected chi connectivity index (χ0v) is 7.92. The summed E-state index contributed by atoms with van der Waals surface area (Å²) in [7, 11) is 0. The van der Waals surface area contributed by atoms with E-state index in [0.29, 0.717) is 6.04 Å². The fraction of sp³-hybridized carbons (Fsp3) is 0.778. The zero-order chi connectivity index (χ0) is 9.10. The van der Waals surface area contributed by atoms with E-state index in [0.717, 1.165) is 31.1 Å². The SMILES string of the molecule is CCc1nc(C2CCCCN2)no1. The lowest BCUT2D eigenvalue weighted by Crippen LogP contribution is -2.27. The summed E-state index contributed by atoms with van der Waals surface area (Å²) in [5, 5.41) is 7.35. The smallest absolute Gasteiger partial charge is 0.226 e. The Labute approximate surface area is 77.7 Å². The van der Waals surface area contributed by atoms with Crippen molar-refractivity contribution in [1.29, 1.82) is 0 Å². The van der Waals surface area contributed by atoms with Crippen LogP contribution in [0.2, 0.25) is 0 Å². The summed E-state index contributed by atoms with van der Waals surface area (Å²) in [5.74, 6) is 1.57. The summed E-state index contributed by atoms with van der Waals surface area (Å²) >= 11 is 0. The maximum Gasteiger partial charge on any atom is 0.226 e. The van der Waals surface area contributed by atoms with Crippen LogP contribution in [0.5, 0.6) is 0 Å². The molecule has 2 rings (SSSR count). The topological polar surface area (TPSA) is 51.0 Å². The summed E-state index contributed by atoms with van der Waals surface area (Å²) in [6, 6.07) is 0.317. The van der Waals surface area contributed by atoms with E-state index in [-0.39, 0.29) is 0 Å². The van der Waals surface area contributed by atoms with Crippen molar-refractivity contribution in [3.8, 4) is 0 Å². The second kappa shape index (κ2) is 3.87. The first-order valence-electron chi connectivity index (χ1n) is 4.96. The van der Waals surface area contributed by atoms with E-state index >= 15 is 0 Å². The molecule has 0 aromatic carbocycles. The predicted octanol–water partition coefficient (Wildman–Crippen LogP) is 1.45. The van der Waals surface area contributed by atoms with Gasteiger partial charge in [-0.05, 0) is 19.4 Å². The number of piperidine rings is 1. The summed E-state index contributed by atoms with van der Waals surface area (Å²) in [4.78, 5) is 4.31. The lowest BCUT2D eigenvalue weighted by atomic mass is 10.0. The molecule has 1 aliphatic heterocycles. The van der Waals surface area contributed by atoms with Crippen molar-refractivity contribution in [1.82, 2.24) is 15.5 Å². The van der Waals surface area contributed by atoms with Gasteiger partial charge in [0.1, 0.15) is 0 Å². The highest BCUT2D eigenvalue weighted by Crippen LogP contribution is 2.20. The standard InChI is InChI=1S/C9H15N3O/c1-2-8-11-9(12-13-8)7-5-3-4-6-10-7/h7,10H,2-6H2,1H3. The molecule has 0 radical (unpaired) electrons. The van der Waals surface area contributed by atoms with Crippen LogP contribution < -0.4 is 5.32 Å². The molecule has 1 aliphatic rings. The Morgan fingerprint density at radius 2 is 2.46 bits per heavy atom. The maximum absolute atomic E-state index is 5.07. The maximum atomic E-state index is 5.07. The van der Waals surface area contributed by atoms with E-state index in [1.807, 2.05) is 6.92 Å². The van der Waals surface area contributed by atoms with Crippen LogP contribution in [0.4, 0.5) is 0 Å². The first-order valence-corrected chi connectivity index (χ1v) is 4.96. The van der Waals surface area contributed by atoms with Gasteiger partial charge in [0.2, 0.25) is 5.89 Å². The van der Waals surface area contributed by atoms with Gasteiger partial charge >= 0.3 is 0 Å². The van der Waals surface area contributed by atoms with Gasteiger partial charge in [-0.25, -0.2) is 0 Å². The highest BCUT2D eigenvalue weighted by Gasteiger charge is 2.19. The summed E-state index contributed by atoms with van der Waals surface area (Å²) < 4.78 is 5.07. The summed E-state index contributed by atoms with van der Waals surface area (Å²) in [6.07, 6.45) is 4.46. The number of aryl methyl sites for hydroxylation is 1. The predicted molar refractivity (Wildman–Crippen MR) is 48.3 cm³/mol. The van der Waals surface area contributed by atoms with Gasteiger partial charge in [0.25, 0.3) is 0 Å². The molecule has 1 aromatic heterocycles. The van der Waals surface area contributed by atoms with Gasteiger partial charge in [0.15, 0.2) is 5.82 Å². The van der Waals surface area contributed by atoms with E-state index < -0.39 is 0 Å². The third-order valence-electron chi connectivity index (χ3n) is 2.41. The highest BCUT2D eigenvalue weighted by molar-refractivity contribution is 4.95. The molecule has 0 bridgehead atoms. The molecule has 1 N–H and O–H groups in total. The Hall–Kier alpha value is -0.900. The second-order valence-corrected chi connectivity index (χ2v) is 3.40. The van der Waals surface area contributed by atoms with Crippen LogP contribution in [0.25, 0.3) is 0 Å². The third-order valence-corrected chi connectivity index (χ3v) is 2.41.